The number of rotatable bonds is 8. The molecule has 0 bridgehead atoms. The molecular weight excluding hydrogens is 336 g/mol. The van der Waals surface area contributed by atoms with E-state index in [-0.39, 0.29) is 18.3 Å². The molecule has 0 radical (unpaired) electrons. The maximum Gasteiger partial charge on any atom is 0.329 e. The number of aromatic amines is 1. The molecular formula is C19H22N2O5. The Labute approximate surface area is 151 Å². The largest absolute Gasteiger partial charge is 0.497 e. The first-order valence-corrected chi connectivity index (χ1v) is 8.20. The van der Waals surface area contributed by atoms with Crippen LogP contribution in [0.1, 0.15) is 34.7 Å². The summed E-state index contributed by atoms with van der Waals surface area (Å²) in [5.74, 6) is -0.970. The number of hydrogen-bond donors (Lipinski definition) is 2. The van der Waals surface area contributed by atoms with E-state index in [1.807, 2.05) is 0 Å². The molecule has 138 valence electrons. The van der Waals surface area contributed by atoms with Crippen LogP contribution in [0.25, 0.3) is 0 Å². The first-order valence-electron chi connectivity index (χ1n) is 8.20. The van der Waals surface area contributed by atoms with Crippen LogP contribution in [0.3, 0.4) is 0 Å². The van der Waals surface area contributed by atoms with Gasteiger partial charge in [-0.3, -0.25) is 9.59 Å². The van der Waals surface area contributed by atoms with Gasteiger partial charge >= 0.3 is 5.97 Å². The van der Waals surface area contributed by atoms with Gasteiger partial charge in [0.1, 0.15) is 11.8 Å². The van der Waals surface area contributed by atoms with Crippen LogP contribution < -0.4 is 10.1 Å². The van der Waals surface area contributed by atoms with Gasteiger partial charge in [-0.15, -0.1) is 0 Å². The van der Waals surface area contributed by atoms with Crippen molar-refractivity contribution in [3.05, 3.63) is 53.9 Å². The van der Waals surface area contributed by atoms with Crippen molar-refractivity contribution >= 4 is 17.7 Å². The van der Waals surface area contributed by atoms with Gasteiger partial charge in [-0.25, -0.2) is 4.79 Å². The lowest BCUT2D eigenvalue weighted by atomic mass is 10.0. The minimum absolute atomic E-state index is 0.203. The van der Waals surface area contributed by atoms with E-state index in [1.54, 1.807) is 56.4 Å². The topological polar surface area (TPSA) is 97.5 Å². The number of nitrogens with one attached hydrogen (secondary N) is 2. The average molecular weight is 358 g/mol. The number of ether oxygens (including phenoxy) is 2. The number of ketones is 1. The van der Waals surface area contributed by atoms with E-state index in [2.05, 4.69) is 10.3 Å². The van der Waals surface area contributed by atoms with E-state index in [9.17, 15) is 14.4 Å². The summed E-state index contributed by atoms with van der Waals surface area (Å²) in [5.41, 5.74) is 0.757. The fourth-order valence-electron chi connectivity index (χ4n) is 2.27. The number of benzene rings is 1. The van der Waals surface area contributed by atoms with Crippen LogP contribution in [-0.4, -0.2) is 42.4 Å². The minimum atomic E-state index is -0.860. The number of methoxy groups -OCH3 is 1. The Kier molecular flexibility index (Phi) is 6.54. The molecule has 0 aliphatic heterocycles. The summed E-state index contributed by atoms with van der Waals surface area (Å²) >= 11 is 0. The zero-order chi connectivity index (χ0) is 19.1. The number of esters is 1. The van der Waals surface area contributed by atoms with Crippen LogP contribution in [0.4, 0.5) is 0 Å². The molecule has 0 spiro atoms. The van der Waals surface area contributed by atoms with Crippen LogP contribution in [0.15, 0.2) is 42.6 Å². The van der Waals surface area contributed by atoms with Gasteiger partial charge < -0.3 is 19.8 Å². The third-order valence-corrected chi connectivity index (χ3v) is 3.80. The van der Waals surface area contributed by atoms with E-state index in [0.717, 1.165) is 0 Å². The van der Waals surface area contributed by atoms with E-state index in [0.29, 0.717) is 17.0 Å². The van der Waals surface area contributed by atoms with Crippen LogP contribution in [0, 0.1) is 5.92 Å². The fourth-order valence-corrected chi connectivity index (χ4v) is 2.27. The molecule has 0 aliphatic carbocycles. The normalized spacial score (nSPS) is 11.7. The summed E-state index contributed by atoms with van der Waals surface area (Å²) in [4.78, 5) is 39.3. The lowest BCUT2D eigenvalue weighted by Gasteiger charge is -2.20. The van der Waals surface area contributed by atoms with Gasteiger partial charge in [-0.1, -0.05) is 13.8 Å². The number of carbonyl (C=O) groups excluding carboxylic acids is 3. The van der Waals surface area contributed by atoms with Gasteiger partial charge in [-0.2, -0.15) is 0 Å². The highest BCUT2D eigenvalue weighted by atomic mass is 16.5. The van der Waals surface area contributed by atoms with E-state index >= 15 is 0 Å². The lowest BCUT2D eigenvalue weighted by Crippen LogP contribution is -2.45. The molecule has 0 unspecified atom stereocenters. The van der Waals surface area contributed by atoms with Crippen molar-refractivity contribution < 1.29 is 23.9 Å². The molecule has 1 amide bonds. The molecule has 1 heterocycles. The maximum absolute atomic E-state index is 12.4. The molecule has 0 saturated heterocycles. The quantitative estimate of drug-likeness (QED) is 0.557. The molecule has 0 fully saturated rings. The second-order valence-corrected chi connectivity index (χ2v) is 6.04. The minimum Gasteiger partial charge on any atom is -0.497 e. The number of hydrogen-bond acceptors (Lipinski definition) is 5. The van der Waals surface area contributed by atoms with Gasteiger partial charge in [0.15, 0.2) is 6.61 Å². The van der Waals surface area contributed by atoms with Crippen LogP contribution in [0.5, 0.6) is 5.75 Å². The predicted octanol–water partition coefficient (Wildman–Crippen LogP) is 2.20. The lowest BCUT2D eigenvalue weighted by molar-refractivity contribution is -0.145. The number of carbonyl (C=O) groups is 3. The van der Waals surface area contributed by atoms with Crippen molar-refractivity contribution in [1.29, 1.82) is 0 Å². The SMILES string of the molecule is COc1ccc(C(=O)N[C@H](C(=O)OCC(=O)c2ccc[nH]2)C(C)C)cc1. The van der Waals surface area contributed by atoms with Crippen molar-refractivity contribution in [3.63, 3.8) is 0 Å². The van der Waals surface area contributed by atoms with Crippen molar-refractivity contribution in [3.8, 4) is 5.75 Å². The van der Waals surface area contributed by atoms with E-state index in [4.69, 9.17) is 9.47 Å². The molecule has 1 atom stereocenters. The second-order valence-electron chi connectivity index (χ2n) is 6.04. The highest BCUT2D eigenvalue weighted by Crippen LogP contribution is 2.12. The molecule has 1 aromatic heterocycles. The van der Waals surface area contributed by atoms with E-state index < -0.39 is 17.9 Å². The molecule has 1 aromatic carbocycles. The Morgan fingerprint density at radius 3 is 2.35 bits per heavy atom. The molecule has 0 aliphatic rings. The highest BCUT2D eigenvalue weighted by Gasteiger charge is 2.27. The highest BCUT2D eigenvalue weighted by molar-refractivity contribution is 5.98. The van der Waals surface area contributed by atoms with Crippen molar-refractivity contribution in [2.75, 3.05) is 13.7 Å². The van der Waals surface area contributed by atoms with E-state index in [1.165, 1.54) is 7.11 Å². The number of H-pyrrole nitrogens is 1. The summed E-state index contributed by atoms with van der Waals surface area (Å²) < 4.78 is 10.1. The molecule has 2 N–H and O–H groups in total. The smallest absolute Gasteiger partial charge is 0.329 e. The molecule has 7 heteroatoms. The molecule has 2 aromatic rings. The molecule has 26 heavy (non-hydrogen) atoms. The van der Waals surface area contributed by atoms with Gasteiger partial charge in [0.2, 0.25) is 5.78 Å². The predicted molar refractivity (Wildman–Crippen MR) is 95.2 cm³/mol. The Balaban J connectivity index is 1.97. The Bertz CT molecular complexity index is 751. The Morgan fingerprint density at radius 1 is 1.12 bits per heavy atom. The van der Waals surface area contributed by atoms with Crippen LogP contribution >= 0.6 is 0 Å². The van der Waals surface area contributed by atoms with Gasteiger partial charge in [0.25, 0.3) is 5.91 Å². The Morgan fingerprint density at radius 2 is 1.81 bits per heavy atom. The number of Topliss-reactive ketones (excluding diaryl/α,β-unsaturated/α-hetero) is 1. The Hall–Kier alpha value is -3.09. The zero-order valence-corrected chi connectivity index (χ0v) is 14.9. The van der Waals surface area contributed by atoms with Crippen LogP contribution in [0.2, 0.25) is 0 Å². The average Bonchev–Trinajstić information content (AvgIpc) is 3.18. The maximum atomic E-state index is 12.4. The zero-order valence-electron chi connectivity index (χ0n) is 14.9. The second kappa shape index (κ2) is 8.84. The molecule has 2 rings (SSSR count). The van der Waals surface area contributed by atoms with Gasteiger partial charge in [-0.05, 0) is 42.3 Å². The third kappa shape index (κ3) is 4.95. The number of amides is 1. The monoisotopic (exact) mass is 358 g/mol. The van der Waals surface area contributed by atoms with Crippen molar-refractivity contribution in [2.45, 2.75) is 19.9 Å². The molecule has 7 nitrogen and oxygen atoms in total. The summed E-state index contributed by atoms with van der Waals surface area (Å²) in [6, 6.07) is 8.94. The summed E-state index contributed by atoms with van der Waals surface area (Å²) in [7, 11) is 1.54. The molecule has 0 saturated carbocycles. The van der Waals surface area contributed by atoms with Crippen LogP contribution in [-0.2, 0) is 9.53 Å². The standard InChI is InChI=1S/C19H22N2O5/c1-12(2)17(19(24)26-11-16(22)15-5-4-10-20-15)21-18(23)13-6-8-14(25-3)9-7-13/h4-10,12,17,20H,11H2,1-3H3,(H,21,23)/t17-/m0/s1. The number of aromatic nitrogens is 1. The van der Waals surface area contributed by atoms with Gasteiger partial charge in [0.05, 0.1) is 12.8 Å². The first-order chi connectivity index (χ1) is 12.4. The summed E-state index contributed by atoms with van der Waals surface area (Å²) in [5, 5.41) is 2.66. The van der Waals surface area contributed by atoms with Crippen molar-refractivity contribution in [1.82, 2.24) is 10.3 Å². The fraction of sp³-hybridized carbons (Fsp3) is 0.316. The van der Waals surface area contributed by atoms with Gasteiger partial charge in [0, 0.05) is 11.8 Å². The first kappa shape index (κ1) is 19.2. The summed E-state index contributed by atoms with van der Waals surface area (Å²) in [6.45, 7) is 3.18. The van der Waals surface area contributed by atoms with Crippen molar-refractivity contribution in [2.24, 2.45) is 5.92 Å². The third-order valence-electron chi connectivity index (χ3n) is 3.80. The summed E-state index contributed by atoms with van der Waals surface area (Å²) in [6.07, 6.45) is 1.61.